The van der Waals surface area contributed by atoms with Crippen LogP contribution in [0.15, 0.2) is 42.5 Å². The van der Waals surface area contributed by atoms with Crippen LogP contribution in [0.2, 0.25) is 0 Å². The van der Waals surface area contributed by atoms with Crippen LogP contribution in [0.1, 0.15) is 41.8 Å². The lowest BCUT2D eigenvalue weighted by atomic mass is 10.1. The lowest BCUT2D eigenvalue weighted by molar-refractivity contribution is -0.122. The molecule has 0 bridgehead atoms. The molecule has 0 aromatic heterocycles. The van der Waals surface area contributed by atoms with E-state index in [4.69, 9.17) is 9.47 Å². The van der Waals surface area contributed by atoms with Gasteiger partial charge in [0.1, 0.15) is 5.75 Å². The number of rotatable bonds is 7. The molecular weight excluding hydrogens is 330 g/mol. The zero-order valence-corrected chi connectivity index (χ0v) is 15.7. The number of benzene rings is 2. The van der Waals surface area contributed by atoms with Crippen LogP contribution in [0.4, 0.5) is 5.69 Å². The van der Waals surface area contributed by atoms with Crippen LogP contribution < -0.4 is 10.1 Å². The molecule has 2 aromatic carbocycles. The molecular formula is C21H25NO4. The van der Waals surface area contributed by atoms with Crippen molar-refractivity contribution in [2.45, 2.75) is 39.7 Å². The van der Waals surface area contributed by atoms with Gasteiger partial charge in [-0.3, -0.25) is 4.79 Å². The van der Waals surface area contributed by atoms with Crippen molar-refractivity contribution in [3.63, 3.8) is 0 Å². The summed E-state index contributed by atoms with van der Waals surface area (Å²) in [5.74, 6) is -0.0284. The number of amides is 1. The van der Waals surface area contributed by atoms with Gasteiger partial charge in [-0.15, -0.1) is 0 Å². The number of anilines is 1. The van der Waals surface area contributed by atoms with E-state index in [1.54, 1.807) is 25.1 Å². The van der Waals surface area contributed by atoms with Gasteiger partial charge in [-0.05, 0) is 55.2 Å². The summed E-state index contributed by atoms with van der Waals surface area (Å²) in [5.41, 5.74) is 2.87. The highest BCUT2D eigenvalue weighted by molar-refractivity contribution is 5.98. The third-order valence-electron chi connectivity index (χ3n) is 4.27. The molecule has 5 heteroatoms. The summed E-state index contributed by atoms with van der Waals surface area (Å²) >= 11 is 0. The van der Waals surface area contributed by atoms with Crippen molar-refractivity contribution in [2.24, 2.45) is 0 Å². The lowest BCUT2D eigenvalue weighted by Gasteiger charge is -2.19. The number of esters is 1. The lowest BCUT2D eigenvalue weighted by Crippen LogP contribution is -2.32. The van der Waals surface area contributed by atoms with E-state index in [2.05, 4.69) is 12.2 Å². The van der Waals surface area contributed by atoms with Gasteiger partial charge in [-0.25, -0.2) is 4.79 Å². The third-order valence-corrected chi connectivity index (χ3v) is 4.27. The maximum Gasteiger partial charge on any atom is 0.338 e. The minimum Gasteiger partial charge on any atom is -0.481 e. The molecule has 2 rings (SSSR count). The van der Waals surface area contributed by atoms with Crippen molar-refractivity contribution in [3.05, 3.63) is 59.2 Å². The molecule has 0 heterocycles. The first-order valence-electron chi connectivity index (χ1n) is 8.74. The average Bonchev–Trinajstić information content (AvgIpc) is 2.67. The Labute approximate surface area is 154 Å². The van der Waals surface area contributed by atoms with E-state index in [1.807, 2.05) is 31.2 Å². The van der Waals surface area contributed by atoms with Gasteiger partial charge in [-0.1, -0.05) is 32.0 Å². The molecule has 26 heavy (non-hydrogen) atoms. The van der Waals surface area contributed by atoms with Crippen LogP contribution in [0.3, 0.4) is 0 Å². The van der Waals surface area contributed by atoms with E-state index < -0.39 is 12.1 Å². The van der Waals surface area contributed by atoms with E-state index in [-0.39, 0.29) is 5.91 Å². The Morgan fingerprint density at radius 1 is 1.08 bits per heavy atom. The van der Waals surface area contributed by atoms with Gasteiger partial charge in [0.15, 0.2) is 6.10 Å². The first-order valence-corrected chi connectivity index (χ1v) is 8.74. The Bertz CT molecular complexity index is 768. The van der Waals surface area contributed by atoms with E-state index in [1.165, 1.54) is 12.7 Å². The second-order valence-corrected chi connectivity index (χ2v) is 5.97. The standard InChI is InChI=1S/C21H25NO4/c1-5-15-10-12-16(13-11-15)26-19(6-2)20(23)22-18-9-7-8-17(14(18)3)21(24)25-4/h7-13,19H,5-6H2,1-4H3,(H,22,23)/t19-/m0/s1. The molecule has 0 spiro atoms. The van der Waals surface area contributed by atoms with E-state index in [0.29, 0.717) is 29.0 Å². The minimum absolute atomic E-state index is 0.253. The van der Waals surface area contributed by atoms with Gasteiger partial charge in [0, 0.05) is 5.69 Å². The van der Waals surface area contributed by atoms with Crippen LogP contribution in [-0.2, 0) is 16.0 Å². The first kappa shape index (κ1) is 19.5. The number of carbonyl (C=O) groups is 2. The van der Waals surface area contributed by atoms with Crippen LogP contribution in [0.5, 0.6) is 5.75 Å². The van der Waals surface area contributed by atoms with Crippen molar-refractivity contribution in [2.75, 3.05) is 12.4 Å². The predicted octanol–water partition coefficient (Wildman–Crippen LogP) is 4.14. The molecule has 2 aromatic rings. The highest BCUT2D eigenvalue weighted by Crippen LogP contribution is 2.21. The van der Waals surface area contributed by atoms with Gasteiger partial charge in [0.2, 0.25) is 0 Å². The molecule has 5 nitrogen and oxygen atoms in total. The second-order valence-electron chi connectivity index (χ2n) is 5.97. The normalized spacial score (nSPS) is 11.5. The first-order chi connectivity index (χ1) is 12.5. The van der Waals surface area contributed by atoms with E-state index >= 15 is 0 Å². The quantitative estimate of drug-likeness (QED) is 0.758. The summed E-state index contributed by atoms with van der Waals surface area (Å²) in [7, 11) is 1.33. The molecule has 138 valence electrons. The van der Waals surface area contributed by atoms with Gasteiger partial charge >= 0.3 is 5.97 Å². The minimum atomic E-state index is -0.622. The molecule has 0 saturated carbocycles. The summed E-state index contributed by atoms with van der Waals surface area (Å²) in [6.45, 7) is 5.75. The van der Waals surface area contributed by atoms with Crippen molar-refractivity contribution < 1.29 is 19.1 Å². The van der Waals surface area contributed by atoms with Crippen LogP contribution in [0.25, 0.3) is 0 Å². The highest BCUT2D eigenvalue weighted by atomic mass is 16.5. The number of hydrogen-bond acceptors (Lipinski definition) is 4. The van der Waals surface area contributed by atoms with Crippen LogP contribution in [0, 0.1) is 6.92 Å². The predicted molar refractivity (Wildman–Crippen MR) is 102 cm³/mol. The van der Waals surface area contributed by atoms with Gasteiger partial charge in [-0.2, -0.15) is 0 Å². The maximum atomic E-state index is 12.6. The number of nitrogens with one attached hydrogen (secondary N) is 1. The molecule has 0 saturated heterocycles. The van der Waals surface area contributed by atoms with Crippen molar-refractivity contribution >= 4 is 17.6 Å². The number of methoxy groups -OCH3 is 1. The summed E-state index contributed by atoms with van der Waals surface area (Å²) in [4.78, 5) is 24.4. The molecule has 0 unspecified atom stereocenters. The fourth-order valence-electron chi connectivity index (χ4n) is 2.61. The summed E-state index contributed by atoms with van der Waals surface area (Å²) in [5, 5.41) is 2.85. The smallest absolute Gasteiger partial charge is 0.338 e. The molecule has 0 aliphatic heterocycles. The fraction of sp³-hybridized carbons (Fsp3) is 0.333. The summed E-state index contributed by atoms with van der Waals surface area (Å²) in [6, 6.07) is 12.9. The zero-order valence-electron chi connectivity index (χ0n) is 15.7. The number of aryl methyl sites for hydroxylation is 1. The second kappa shape index (κ2) is 9.04. The van der Waals surface area contributed by atoms with Crippen molar-refractivity contribution in [3.8, 4) is 5.75 Å². The van der Waals surface area contributed by atoms with Crippen molar-refractivity contribution in [1.29, 1.82) is 0 Å². The molecule has 1 amide bonds. The molecule has 0 fully saturated rings. The molecule has 0 aliphatic carbocycles. The average molecular weight is 355 g/mol. The van der Waals surface area contributed by atoms with E-state index in [0.717, 1.165) is 6.42 Å². The molecule has 1 atom stereocenters. The highest BCUT2D eigenvalue weighted by Gasteiger charge is 2.20. The number of ether oxygens (including phenoxy) is 2. The Morgan fingerprint density at radius 2 is 1.77 bits per heavy atom. The zero-order chi connectivity index (χ0) is 19.1. The monoisotopic (exact) mass is 355 g/mol. The summed E-state index contributed by atoms with van der Waals surface area (Å²) < 4.78 is 10.6. The van der Waals surface area contributed by atoms with Crippen molar-refractivity contribution in [1.82, 2.24) is 0 Å². The van der Waals surface area contributed by atoms with Gasteiger partial charge in [0.25, 0.3) is 5.91 Å². The molecule has 0 aliphatic rings. The third kappa shape index (κ3) is 4.63. The number of carbonyl (C=O) groups excluding carboxylic acids is 2. The van der Waals surface area contributed by atoms with Crippen LogP contribution in [-0.4, -0.2) is 25.1 Å². The number of hydrogen-bond donors (Lipinski definition) is 1. The SMILES string of the molecule is CCc1ccc(O[C@@H](CC)C(=O)Nc2cccc(C(=O)OC)c2C)cc1. The van der Waals surface area contributed by atoms with Crippen LogP contribution >= 0.6 is 0 Å². The Hall–Kier alpha value is -2.82. The van der Waals surface area contributed by atoms with Gasteiger partial charge in [0.05, 0.1) is 12.7 Å². The largest absolute Gasteiger partial charge is 0.481 e. The summed E-state index contributed by atoms with van der Waals surface area (Å²) in [6.07, 6.45) is 0.855. The molecule has 0 radical (unpaired) electrons. The van der Waals surface area contributed by atoms with E-state index in [9.17, 15) is 9.59 Å². The Balaban J connectivity index is 2.12. The Kier molecular flexibility index (Phi) is 6.78. The Morgan fingerprint density at radius 3 is 2.35 bits per heavy atom. The van der Waals surface area contributed by atoms with Gasteiger partial charge < -0.3 is 14.8 Å². The fourth-order valence-corrected chi connectivity index (χ4v) is 2.61. The maximum absolute atomic E-state index is 12.6. The topological polar surface area (TPSA) is 64.6 Å². The molecule has 1 N–H and O–H groups in total.